The summed E-state index contributed by atoms with van der Waals surface area (Å²) in [6.07, 6.45) is 6.97. The molecule has 0 heterocycles. The van der Waals surface area contributed by atoms with Crippen molar-refractivity contribution >= 4 is 5.84 Å². The molecule has 96 valence electrons. The third-order valence-electron chi connectivity index (χ3n) is 2.74. The maximum atomic E-state index is 8.61. The molecule has 0 unspecified atom stereocenters. The van der Waals surface area contributed by atoms with Crippen molar-refractivity contribution in [1.82, 2.24) is 5.32 Å². The van der Waals surface area contributed by atoms with E-state index in [0.717, 1.165) is 37.1 Å². The Kier molecular flexibility index (Phi) is 5.75. The normalized spacial score (nSPS) is 11.2. The van der Waals surface area contributed by atoms with E-state index < -0.39 is 0 Å². The van der Waals surface area contributed by atoms with Gasteiger partial charge in [0.25, 0.3) is 0 Å². The zero-order valence-electron chi connectivity index (χ0n) is 10.6. The van der Waals surface area contributed by atoms with E-state index in [1.54, 1.807) is 0 Å². The second kappa shape index (κ2) is 7.36. The van der Waals surface area contributed by atoms with Crippen LogP contribution in [0.1, 0.15) is 29.5 Å². The molecule has 1 aromatic rings. The van der Waals surface area contributed by atoms with Gasteiger partial charge in [-0.25, -0.2) is 0 Å². The lowest BCUT2D eigenvalue weighted by Crippen LogP contribution is -2.17. The van der Waals surface area contributed by atoms with E-state index in [1.807, 2.05) is 25.1 Å². The van der Waals surface area contributed by atoms with E-state index in [-0.39, 0.29) is 5.84 Å². The minimum atomic E-state index is 0.131. The Morgan fingerprint density at radius 3 is 2.94 bits per heavy atom. The number of nitrogens with zero attached hydrogens (tertiary/aromatic N) is 1. The summed E-state index contributed by atoms with van der Waals surface area (Å²) < 4.78 is 0. The van der Waals surface area contributed by atoms with Gasteiger partial charge in [-0.3, -0.25) is 0 Å². The van der Waals surface area contributed by atoms with Crippen molar-refractivity contribution in [3.8, 4) is 12.3 Å². The first-order valence-corrected chi connectivity index (χ1v) is 5.90. The van der Waals surface area contributed by atoms with Crippen molar-refractivity contribution in [2.24, 2.45) is 10.9 Å². The van der Waals surface area contributed by atoms with Crippen LogP contribution >= 0.6 is 0 Å². The Morgan fingerprint density at radius 2 is 2.33 bits per heavy atom. The van der Waals surface area contributed by atoms with Gasteiger partial charge in [-0.15, -0.1) is 12.3 Å². The maximum absolute atomic E-state index is 8.61. The molecule has 4 heteroatoms. The van der Waals surface area contributed by atoms with E-state index in [1.165, 1.54) is 5.56 Å². The van der Waals surface area contributed by atoms with Crippen molar-refractivity contribution < 1.29 is 5.21 Å². The van der Waals surface area contributed by atoms with Crippen LogP contribution in [0.3, 0.4) is 0 Å². The molecule has 1 aromatic carbocycles. The quantitative estimate of drug-likeness (QED) is 0.178. The van der Waals surface area contributed by atoms with Gasteiger partial charge in [-0.05, 0) is 37.1 Å². The van der Waals surface area contributed by atoms with Crippen molar-refractivity contribution in [3.63, 3.8) is 0 Å². The summed E-state index contributed by atoms with van der Waals surface area (Å²) in [4.78, 5) is 0. The molecule has 4 N–H and O–H groups in total. The number of hydrogen-bond donors (Lipinski definition) is 3. The molecule has 4 nitrogen and oxygen atoms in total. The number of unbranched alkanes of at least 4 members (excludes halogenated alkanes) is 1. The molecule has 0 aliphatic heterocycles. The predicted molar refractivity (Wildman–Crippen MR) is 73.5 cm³/mol. The average Bonchev–Trinajstić information content (AvgIpc) is 2.39. The summed E-state index contributed by atoms with van der Waals surface area (Å²) in [5.74, 6) is 2.74. The zero-order valence-corrected chi connectivity index (χ0v) is 10.6. The fourth-order valence-electron chi connectivity index (χ4n) is 1.65. The third kappa shape index (κ3) is 4.11. The zero-order chi connectivity index (χ0) is 13.4. The fourth-order valence-corrected chi connectivity index (χ4v) is 1.65. The Hall–Kier alpha value is -1.99. The summed E-state index contributed by atoms with van der Waals surface area (Å²) >= 11 is 0. The summed E-state index contributed by atoms with van der Waals surface area (Å²) in [5, 5.41) is 14.9. The molecule has 0 fully saturated rings. The molecule has 0 aliphatic carbocycles. The summed E-state index contributed by atoms with van der Waals surface area (Å²) in [7, 11) is 0. The van der Waals surface area contributed by atoms with Crippen molar-refractivity contribution in [1.29, 1.82) is 0 Å². The second-order valence-electron chi connectivity index (χ2n) is 4.11. The standard InChI is InChI=1S/C14H19N3O/c1-3-4-5-8-16-10-13-7-6-12(9-11(13)2)14(15)17-18/h1,6-7,9,16,18H,4-5,8,10H2,2H3,(H2,15,17). The predicted octanol–water partition coefficient (Wildman–Crippen LogP) is 1.59. The summed E-state index contributed by atoms with van der Waals surface area (Å²) in [5.41, 5.74) is 8.58. The number of nitrogens with two attached hydrogens (primary N) is 1. The number of hydrogen-bond acceptors (Lipinski definition) is 3. The lowest BCUT2D eigenvalue weighted by molar-refractivity contribution is 0.318. The van der Waals surface area contributed by atoms with Gasteiger partial charge in [0.1, 0.15) is 0 Å². The van der Waals surface area contributed by atoms with Gasteiger partial charge >= 0.3 is 0 Å². The highest BCUT2D eigenvalue weighted by atomic mass is 16.4. The molecule has 0 atom stereocenters. The van der Waals surface area contributed by atoms with Gasteiger partial charge in [0, 0.05) is 18.5 Å². The average molecular weight is 245 g/mol. The van der Waals surface area contributed by atoms with Gasteiger partial charge in [0.15, 0.2) is 5.84 Å². The van der Waals surface area contributed by atoms with Gasteiger partial charge in [-0.2, -0.15) is 0 Å². The second-order valence-corrected chi connectivity index (χ2v) is 4.11. The van der Waals surface area contributed by atoms with Crippen LogP contribution in [0.15, 0.2) is 23.4 Å². The fraction of sp³-hybridized carbons (Fsp3) is 0.357. The first kappa shape index (κ1) is 14.1. The van der Waals surface area contributed by atoms with Crippen LogP contribution < -0.4 is 11.1 Å². The minimum Gasteiger partial charge on any atom is -0.409 e. The number of nitrogens with one attached hydrogen (secondary N) is 1. The Balaban J connectivity index is 2.55. The molecule has 0 radical (unpaired) electrons. The molecular weight excluding hydrogens is 226 g/mol. The Morgan fingerprint density at radius 1 is 1.56 bits per heavy atom. The topological polar surface area (TPSA) is 70.6 Å². The van der Waals surface area contributed by atoms with Crippen LogP contribution in [-0.2, 0) is 6.54 Å². The summed E-state index contributed by atoms with van der Waals surface area (Å²) in [6.45, 7) is 3.71. The van der Waals surface area contributed by atoms with E-state index in [0.29, 0.717) is 0 Å². The Labute approximate surface area is 108 Å². The maximum Gasteiger partial charge on any atom is 0.170 e. The number of rotatable bonds is 6. The molecule has 18 heavy (non-hydrogen) atoms. The highest BCUT2D eigenvalue weighted by Gasteiger charge is 2.03. The molecule has 0 saturated heterocycles. The number of amidine groups is 1. The number of benzene rings is 1. The number of oxime groups is 1. The molecular formula is C14H19N3O. The molecule has 0 spiro atoms. The van der Waals surface area contributed by atoms with Gasteiger partial charge in [0.2, 0.25) is 0 Å². The van der Waals surface area contributed by atoms with Crippen LogP contribution in [0.2, 0.25) is 0 Å². The molecule has 0 bridgehead atoms. The largest absolute Gasteiger partial charge is 0.409 e. The first-order chi connectivity index (χ1) is 8.69. The van der Waals surface area contributed by atoms with E-state index in [4.69, 9.17) is 17.4 Å². The molecule has 0 aliphatic rings. The van der Waals surface area contributed by atoms with E-state index in [9.17, 15) is 0 Å². The highest BCUT2D eigenvalue weighted by molar-refractivity contribution is 5.97. The lowest BCUT2D eigenvalue weighted by Gasteiger charge is -2.09. The van der Waals surface area contributed by atoms with E-state index >= 15 is 0 Å². The van der Waals surface area contributed by atoms with Gasteiger partial charge in [0.05, 0.1) is 0 Å². The van der Waals surface area contributed by atoms with Gasteiger partial charge < -0.3 is 16.3 Å². The van der Waals surface area contributed by atoms with Crippen molar-refractivity contribution in [2.45, 2.75) is 26.3 Å². The first-order valence-electron chi connectivity index (χ1n) is 5.90. The van der Waals surface area contributed by atoms with Crippen LogP contribution in [-0.4, -0.2) is 17.6 Å². The minimum absolute atomic E-state index is 0.131. The molecule has 0 aromatic heterocycles. The Bertz CT molecular complexity index is 461. The SMILES string of the molecule is C#CCCCNCc1ccc(/C(N)=N/O)cc1C. The van der Waals surface area contributed by atoms with Crippen LogP contribution in [0, 0.1) is 19.3 Å². The molecule has 1 rings (SSSR count). The van der Waals surface area contributed by atoms with Crippen molar-refractivity contribution in [3.05, 3.63) is 34.9 Å². The van der Waals surface area contributed by atoms with Crippen molar-refractivity contribution in [2.75, 3.05) is 6.54 Å². The van der Waals surface area contributed by atoms with Gasteiger partial charge in [-0.1, -0.05) is 17.3 Å². The van der Waals surface area contributed by atoms with Crippen LogP contribution in [0.5, 0.6) is 0 Å². The lowest BCUT2D eigenvalue weighted by atomic mass is 10.0. The van der Waals surface area contributed by atoms with Crippen LogP contribution in [0.25, 0.3) is 0 Å². The smallest absolute Gasteiger partial charge is 0.170 e. The highest BCUT2D eigenvalue weighted by Crippen LogP contribution is 2.11. The van der Waals surface area contributed by atoms with Crippen LogP contribution in [0.4, 0.5) is 0 Å². The summed E-state index contributed by atoms with van der Waals surface area (Å²) in [6, 6.07) is 5.74. The molecule has 0 saturated carbocycles. The number of terminal acetylenes is 1. The van der Waals surface area contributed by atoms with E-state index in [2.05, 4.69) is 16.4 Å². The third-order valence-corrected chi connectivity index (χ3v) is 2.74. The monoisotopic (exact) mass is 245 g/mol. The molecule has 0 amide bonds. The number of aryl methyl sites for hydroxylation is 1.